The molecule has 1 aliphatic rings. The molecule has 2 aromatic rings. The summed E-state index contributed by atoms with van der Waals surface area (Å²) in [6.45, 7) is 4.32. The zero-order valence-corrected chi connectivity index (χ0v) is 21.1. The Hall–Kier alpha value is -2.04. The first-order valence-corrected chi connectivity index (χ1v) is 12.7. The lowest BCUT2D eigenvalue weighted by molar-refractivity contribution is -0.141. The van der Waals surface area contributed by atoms with E-state index in [2.05, 4.69) is 29.6 Å². The highest BCUT2D eigenvalue weighted by Gasteiger charge is 2.30. The summed E-state index contributed by atoms with van der Waals surface area (Å²) in [5.74, 6) is -0.0968. The minimum Gasteiger partial charge on any atom is -0.352 e. The van der Waals surface area contributed by atoms with Gasteiger partial charge in [-0.2, -0.15) is 0 Å². The van der Waals surface area contributed by atoms with Crippen LogP contribution in [0.5, 0.6) is 0 Å². The first-order valence-electron chi connectivity index (χ1n) is 12.0. The van der Waals surface area contributed by atoms with Crippen LogP contribution in [0, 0.1) is 6.92 Å². The minimum atomic E-state index is -0.521. The molecule has 0 aromatic heterocycles. The van der Waals surface area contributed by atoms with E-state index in [1.54, 1.807) is 17.0 Å². The van der Waals surface area contributed by atoms with E-state index < -0.39 is 6.04 Å². The molecule has 2 amide bonds. The number of carbonyl (C=O) groups excluding carboxylic acids is 2. The largest absolute Gasteiger partial charge is 0.352 e. The quantitative estimate of drug-likeness (QED) is 0.438. The van der Waals surface area contributed by atoms with Gasteiger partial charge in [0.1, 0.15) is 6.04 Å². The van der Waals surface area contributed by atoms with Crippen molar-refractivity contribution < 1.29 is 9.59 Å². The molecule has 0 heterocycles. The molecule has 3 rings (SSSR count). The van der Waals surface area contributed by atoms with E-state index in [1.807, 2.05) is 19.9 Å². The van der Waals surface area contributed by atoms with Gasteiger partial charge in [0.05, 0.1) is 10.0 Å². The van der Waals surface area contributed by atoms with Gasteiger partial charge in [-0.1, -0.05) is 85.3 Å². The summed E-state index contributed by atoms with van der Waals surface area (Å²) in [5, 5.41) is 4.13. The Labute approximate surface area is 207 Å². The molecule has 1 saturated carbocycles. The molecule has 178 valence electrons. The predicted octanol–water partition coefficient (Wildman–Crippen LogP) is 6.49. The Kier molecular flexibility index (Phi) is 9.64. The van der Waals surface area contributed by atoms with Crippen molar-refractivity contribution in [1.82, 2.24) is 10.2 Å². The fourth-order valence-corrected chi connectivity index (χ4v) is 4.77. The third-order valence-corrected chi connectivity index (χ3v) is 7.16. The first-order chi connectivity index (χ1) is 15.9. The summed E-state index contributed by atoms with van der Waals surface area (Å²) in [6.07, 6.45) is 7.07. The number of nitrogens with zero attached hydrogens (tertiary/aromatic N) is 1. The Morgan fingerprint density at radius 2 is 1.67 bits per heavy atom. The number of benzene rings is 2. The molecule has 4 nitrogen and oxygen atoms in total. The topological polar surface area (TPSA) is 49.4 Å². The molecule has 0 spiro atoms. The molecule has 0 saturated heterocycles. The van der Waals surface area contributed by atoms with E-state index in [-0.39, 0.29) is 17.9 Å². The van der Waals surface area contributed by atoms with Crippen LogP contribution < -0.4 is 5.32 Å². The lowest BCUT2D eigenvalue weighted by Gasteiger charge is -2.33. The van der Waals surface area contributed by atoms with Gasteiger partial charge < -0.3 is 10.2 Å². The van der Waals surface area contributed by atoms with Crippen molar-refractivity contribution in [3.8, 4) is 0 Å². The molecule has 0 aliphatic heterocycles. The zero-order chi connectivity index (χ0) is 23.8. The number of hydrogen-bond donors (Lipinski definition) is 1. The second-order valence-corrected chi connectivity index (χ2v) is 9.84. The van der Waals surface area contributed by atoms with Gasteiger partial charge in [0.15, 0.2) is 0 Å². The number of nitrogens with one attached hydrogen (secondary N) is 1. The normalized spacial score (nSPS) is 15.2. The Balaban J connectivity index is 1.77. The van der Waals surface area contributed by atoms with Crippen molar-refractivity contribution in [2.24, 2.45) is 0 Å². The molecule has 0 bridgehead atoms. The van der Waals surface area contributed by atoms with Crippen LogP contribution in [-0.4, -0.2) is 28.8 Å². The minimum absolute atomic E-state index is 0.0349. The standard InChI is InChI=1S/C27H34Cl2N2O2/c1-3-25(27(33)30-22-7-5-4-6-8-22)31(18-21-13-15-23(28)24(29)17-21)26(32)16-14-20-11-9-19(2)10-12-20/h9-13,15,17,22,25H,3-8,14,16,18H2,1-2H3,(H,30,33)/t25-/m0/s1. The Morgan fingerprint density at radius 1 is 1.00 bits per heavy atom. The fourth-order valence-electron chi connectivity index (χ4n) is 4.45. The molecule has 6 heteroatoms. The molecule has 1 N–H and O–H groups in total. The molecular formula is C27H34Cl2N2O2. The average Bonchev–Trinajstić information content (AvgIpc) is 2.81. The van der Waals surface area contributed by atoms with E-state index >= 15 is 0 Å². The second-order valence-electron chi connectivity index (χ2n) is 9.02. The van der Waals surface area contributed by atoms with Crippen LogP contribution in [0.15, 0.2) is 42.5 Å². The van der Waals surface area contributed by atoms with Crippen molar-refractivity contribution in [3.63, 3.8) is 0 Å². The molecule has 0 radical (unpaired) electrons. The molecular weight excluding hydrogens is 455 g/mol. The van der Waals surface area contributed by atoms with Gasteiger partial charge in [0, 0.05) is 19.0 Å². The highest BCUT2D eigenvalue weighted by Crippen LogP contribution is 2.25. The van der Waals surface area contributed by atoms with E-state index in [0.29, 0.717) is 35.9 Å². The number of rotatable bonds is 9. The van der Waals surface area contributed by atoms with Crippen LogP contribution >= 0.6 is 23.2 Å². The smallest absolute Gasteiger partial charge is 0.243 e. The summed E-state index contributed by atoms with van der Waals surface area (Å²) < 4.78 is 0. The van der Waals surface area contributed by atoms with Gasteiger partial charge in [0.25, 0.3) is 0 Å². The lowest BCUT2D eigenvalue weighted by Crippen LogP contribution is -2.51. The summed E-state index contributed by atoms with van der Waals surface area (Å²) in [6, 6.07) is 13.3. The van der Waals surface area contributed by atoms with Gasteiger partial charge in [-0.15, -0.1) is 0 Å². The van der Waals surface area contributed by atoms with Crippen molar-refractivity contribution >= 4 is 35.0 Å². The maximum Gasteiger partial charge on any atom is 0.243 e. The number of carbonyl (C=O) groups is 2. The van der Waals surface area contributed by atoms with Crippen molar-refractivity contribution in [1.29, 1.82) is 0 Å². The zero-order valence-electron chi connectivity index (χ0n) is 19.6. The third-order valence-electron chi connectivity index (χ3n) is 6.42. The van der Waals surface area contributed by atoms with E-state index in [0.717, 1.165) is 36.8 Å². The number of amides is 2. The van der Waals surface area contributed by atoms with Gasteiger partial charge in [0.2, 0.25) is 11.8 Å². The second kappa shape index (κ2) is 12.4. The maximum atomic E-state index is 13.4. The monoisotopic (exact) mass is 488 g/mol. The van der Waals surface area contributed by atoms with Crippen LogP contribution in [0.2, 0.25) is 10.0 Å². The van der Waals surface area contributed by atoms with Crippen LogP contribution in [0.4, 0.5) is 0 Å². The Bertz CT molecular complexity index is 940. The van der Waals surface area contributed by atoms with E-state index in [4.69, 9.17) is 23.2 Å². The highest BCUT2D eigenvalue weighted by atomic mass is 35.5. The molecule has 1 aliphatic carbocycles. The first kappa shape index (κ1) is 25.6. The van der Waals surface area contributed by atoms with Crippen LogP contribution in [0.1, 0.15) is 68.6 Å². The Morgan fingerprint density at radius 3 is 2.30 bits per heavy atom. The van der Waals surface area contributed by atoms with Gasteiger partial charge in [-0.3, -0.25) is 9.59 Å². The summed E-state index contributed by atoms with van der Waals surface area (Å²) in [4.78, 5) is 28.4. The van der Waals surface area contributed by atoms with Crippen LogP contribution in [-0.2, 0) is 22.6 Å². The average molecular weight is 489 g/mol. The summed E-state index contributed by atoms with van der Waals surface area (Å²) >= 11 is 12.3. The van der Waals surface area contributed by atoms with Crippen LogP contribution in [0.25, 0.3) is 0 Å². The summed E-state index contributed by atoms with van der Waals surface area (Å²) in [7, 11) is 0. The number of halogens is 2. The molecule has 0 unspecified atom stereocenters. The summed E-state index contributed by atoms with van der Waals surface area (Å²) in [5.41, 5.74) is 3.16. The highest BCUT2D eigenvalue weighted by molar-refractivity contribution is 6.42. The van der Waals surface area contributed by atoms with E-state index in [9.17, 15) is 9.59 Å². The molecule has 2 aromatic carbocycles. The van der Waals surface area contributed by atoms with Crippen molar-refractivity contribution in [2.75, 3.05) is 0 Å². The van der Waals surface area contributed by atoms with E-state index in [1.165, 1.54) is 12.0 Å². The van der Waals surface area contributed by atoms with Crippen LogP contribution in [0.3, 0.4) is 0 Å². The molecule has 33 heavy (non-hydrogen) atoms. The van der Waals surface area contributed by atoms with Crippen molar-refractivity contribution in [2.45, 2.75) is 83.8 Å². The molecule has 1 atom stereocenters. The maximum absolute atomic E-state index is 13.4. The fraction of sp³-hybridized carbons (Fsp3) is 0.481. The predicted molar refractivity (Wildman–Crippen MR) is 136 cm³/mol. The van der Waals surface area contributed by atoms with Gasteiger partial charge in [-0.05, 0) is 55.9 Å². The number of aryl methyl sites for hydroxylation is 2. The van der Waals surface area contributed by atoms with Crippen molar-refractivity contribution in [3.05, 3.63) is 69.2 Å². The van der Waals surface area contributed by atoms with Gasteiger partial charge >= 0.3 is 0 Å². The lowest BCUT2D eigenvalue weighted by atomic mass is 9.95. The number of hydrogen-bond acceptors (Lipinski definition) is 2. The molecule has 1 fully saturated rings. The third kappa shape index (κ3) is 7.48. The van der Waals surface area contributed by atoms with Gasteiger partial charge in [-0.25, -0.2) is 0 Å². The SMILES string of the molecule is CC[C@@H](C(=O)NC1CCCCC1)N(Cc1ccc(Cl)c(Cl)c1)C(=O)CCc1ccc(C)cc1.